The number of hydrogen-bond acceptors (Lipinski definition) is 2. The third-order valence-corrected chi connectivity index (χ3v) is 6.31. The minimum atomic E-state index is 0.0277. The van der Waals surface area contributed by atoms with E-state index in [1.54, 1.807) is 12.1 Å². The van der Waals surface area contributed by atoms with Crippen LogP contribution in [0.4, 0.5) is 0 Å². The molecule has 2 saturated carbocycles. The van der Waals surface area contributed by atoms with Crippen molar-refractivity contribution in [1.82, 2.24) is 9.55 Å². The largest absolute Gasteiger partial charge is 0.293 e. The van der Waals surface area contributed by atoms with Gasteiger partial charge < -0.3 is 0 Å². The van der Waals surface area contributed by atoms with E-state index >= 15 is 0 Å². The van der Waals surface area contributed by atoms with E-state index < -0.39 is 0 Å². The summed E-state index contributed by atoms with van der Waals surface area (Å²) in [6.45, 7) is 0. The minimum absolute atomic E-state index is 0.0277. The second-order valence-electron chi connectivity index (χ2n) is 7.19. The zero-order chi connectivity index (χ0) is 15.0. The average molecular weight is 335 g/mol. The summed E-state index contributed by atoms with van der Waals surface area (Å²) in [4.78, 5) is 18.0. The maximum atomic E-state index is 13.1. The first-order chi connectivity index (χ1) is 10.6. The molecule has 114 valence electrons. The maximum Gasteiger partial charge on any atom is 0.263 e. The Labute approximate surface area is 138 Å². The van der Waals surface area contributed by atoms with Crippen LogP contribution in [0.25, 0.3) is 10.9 Å². The topological polar surface area (TPSA) is 34.9 Å². The average Bonchev–Trinajstić information content (AvgIpc) is 2.60. The Hall–Kier alpha value is -1.06. The van der Waals surface area contributed by atoms with E-state index in [0.29, 0.717) is 32.9 Å². The zero-order valence-corrected chi connectivity index (χ0v) is 13.6. The lowest BCUT2D eigenvalue weighted by Crippen LogP contribution is -2.31. The van der Waals surface area contributed by atoms with Crippen molar-refractivity contribution in [2.24, 2.45) is 11.8 Å². The fourth-order valence-electron chi connectivity index (χ4n) is 5.14. The van der Waals surface area contributed by atoms with Crippen LogP contribution in [0.2, 0.25) is 10.0 Å². The second-order valence-corrected chi connectivity index (χ2v) is 8.03. The van der Waals surface area contributed by atoms with Gasteiger partial charge >= 0.3 is 0 Å². The normalized spacial score (nSPS) is 32.3. The van der Waals surface area contributed by atoms with Gasteiger partial charge in [0.25, 0.3) is 5.56 Å². The first-order valence-electron chi connectivity index (χ1n) is 8.01. The summed E-state index contributed by atoms with van der Waals surface area (Å²) in [5, 5.41) is 1.48. The molecule has 2 aliphatic carbocycles. The Balaban J connectivity index is 1.87. The van der Waals surface area contributed by atoms with Gasteiger partial charge in [0.15, 0.2) is 0 Å². The fourth-order valence-corrected chi connectivity index (χ4v) is 5.70. The third kappa shape index (κ3) is 1.75. The van der Waals surface area contributed by atoms with Gasteiger partial charge in [-0.15, -0.1) is 0 Å². The predicted molar refractivity (Wildman–Crippen MR) is 87.9 cm³/mol. The Morgan fingerprint density at radius 1 is 1.05 bits per heavy atom. The van der Waals surface area contributed by atoms with Gasteiger partial charge in [0.2, 0.25) is 0 Å². The summed E-state index contributed by atoms with van der Waals surface area (Å²) >= 11 is 12.4. The van der Waals surface area contributed by atoms with E-state index in [2.05, 4.69) is 0 Å². The molecule has 2 aromatic rings. The molecule has 5 heteroatoms. The highest BCUT2D eigenvalue weighted by molar-refractivity contribution is 6.38. The highest BCUT2D eigenvalue weighted by atomic mass is 35.5. The standard InChI is InChI=1S/C17H16Cl2N2O/c18-11-6-13(19)15-14(7-11)20-16-10-2-8-1-9(3-10)5-12(4-8)21(16)17(15)22/h6-10,12H,1-5H2. The number of benzene rings is 1. The van der Waals surface area contributed by atoms with Gasteiger partial charge in [-0.25, -0.2) is 4.98 Å². The molecule has 3 heterocycles. The van der Waals surface area contributed by atoms with E-state index in [9.17, 15) is 4.79 Å². The molecular weight excluding hydrogens is 319 g/mol. The van der Waals surface area contributed by atoms with Gasteiger partial charge in [0.1, 0.15) is 5.82 Å². The Morgan fingerprint density at radius 2 is 1.77 bits per heavy atom. The van der Waals surface area contributed by atoms with Crippen LogP contribution in [0.1, 0.15) is 49.9 Å². The summed E-state index contributed by atoms with van der Waals surface area (Å²) in [6, 6.07) is 3.71. The van der Waals surface area contributed by atoms with Gasteiger partial charge in [-0.05, 0) is 56.1 Å². The van der Waals surface area contributed by atoms with Crippen LogP contribution in [0, 0.1) is 11.8 Å². The van der Waals surface area contributed by atoms with Crippen molar-refractivity contribution in [1.29, 1.82) is 0 Å². The van der Waals surface area contributed by atoms with Crippen LogP contribution >= 0.6 is 23.2 Å². The van der Waals surface area contributed by atoms with Crippen molar-refractivity contribution in [3.63, 3.8) is 0 Å². The Morgan fingerprint density at radius 3 is 2.50 bits per heavy atom. The van der Waals surface area contributed by atoms with Gasteiger partial charge in [-0.1, -0.05) is 23.2 Å². The Kier molecular flexibility index (Phi) is 2.73. The van der Waals surface area contributed by atoms with E-state index in [4.69, 9.17) is 28.2 Å². The van der Waals surface area contributed by atoms with E-state index in [1.807, 2.05) is 4.57 Å². The van der Waals surface area contributed by atoms with Crippen molar-refractivity contribution in [2.75, 3.05) is 0 Å². The molecule has 4 bridgehead atoms. The summed E-state index contributed by atoms with van der Waals surface area (Å²) < 4.78 is 1.98. The molecule has 2 fully saturated rings. The SMILES string of the molecule is O=c1c2c(Cl)cc(Cl)cc2nc2n1C1CC3CC(CC2C3)C1. The monoisotopic (exact) mass is 334 g/mol. The predicted octanol–water partition coefficient (Wildman–Crippen LogP) is 4.55. The first-order valence-corrected chi connectivity index (χ1v) is 8.77. The number of nitrogens with zero attached hydrogens (tertiary/aromatic N) is 2. The van der Waals surface area contributed by atoms with Crippen molar-refractivity contribution >= 4 is 34.1 Å². The minimum Gasteiger partial charge on any atom is -0.293 e. The molecule has 4 aliphatic rings. The number of hydrogen-bond donors (Lipinski definition) is 0. The molecule has 1 aromatic carbocycles. The van der Waals surface area contributed by atoms with Crippen molar-refractivity contribution < 1.29 is 0 Å². The lowest BCUT2D eigenvalue weighted by atomic mass is 9.68. The summed E-state index contributed by atoms with van der Waals surface area (Å²) in [6.07, 6.45) is 5.94. The molecular formula is C17H16Cl2N2O. The number of fused-ring (bicyclic) bond motifs is 1. The molecule has 0 amide bonds. The quantitative estimate of drug-likeness (QED) is 0.708. The highest BCUT2D eigenvalue weighted by Gasteiger charge is 2.43. The highest BCUT2D eigenvalue weighted by Crippen LogP contribution is 2.52. The van der Waals surface area contributed by atoms with E-state index in [-0.39, 0.29) is 5.56 Å². The first kappa shape index (κ1) is 13.4. The summed E-state index contributed by atoms with van der Waals surface area (Å²) in [7, 11) is 0. The van der Waals surface area contributed by atoms with Crippen molar-refractivity contribution in [2.45, 2.75) is 44.1 Å². The molecule has 0 spiro atoms. The summed E-state index contributed by atoms with van der Waals surface area (Å²) in [5.74, 6) is 2.91. The molecule has 0 saturated heterocycles. The van der Waals surface area contributed by atoms with E-state index in [1.165, 1.54) is 19.3 Å². The molecule has 0 N–H and O–H groups in total. The second kappa shape index (κ2) is 4.48. The van der Waals surface area contributed by atoms with Crippen LogP contribution in [0.3, 0.4) is 0 Å². The van der Waals surface area contributed by atoms with Crippen LogP contribution < -0.4 is 5.56 Å². The van der Waals surface area contributed by atoms with Crippen LogP contribution in [0.15, 0.2) is 16.9 Å². The van der Waals surface area contributed by atoms with Gasteiger partial charge in [-0.2, -0.15) is 0 Å². The van der Waals surface area contributed by atoms with E-state index in [0.717, 1.165) is 30.5 Å². The molecule has 1 aromatic heterocycles. The van der Waals surface area contributed by atoms with Crippen molar-refractivity contribution in [3.8, 4) is 0 Å². The molecule has 0 radical (unpaired) electrons. The van der Waals surface area contributed by atoms with Crippen LogP contribution in [0.5, 0.6) is 0 Å². The molecule has 22 heavy (non-hydrogen) atoms. The smallest absolute Gasteiger partial charge is 0.263 e. The number of halogens is 2. The van der Waals surface area contributed by atoms with Crippen LogP contribution in [-0.4, -0.2) is 9.55 Å². The zero-order valence-electron chi connectivity index (χ0n) is 12.1. The van der Waals surface area contributed by atoms with Crippen LogP contribution in [-0.2, 0) is 0 Å². The molecule has 2 atom stereocenters. The van der Waals surface area contributed by atoms with Gasteiger partial charge in [0.05, 0.1) is 15.9 Å². The lowest BCUT2D eigenvalue weighted by molar-refractivity contribution is 0.150. The van der Waals surface area contributed by atoms with Gasteiger partial charge in [-0.3, -0.25) is 9.36 Å². The Bertz CT molecular complexity index is 846. The van der Waals surface area contributed by atoms with Gasteiger partial charge in [0, 0.05) is 17.0 Å². The maximum absolute atomic E-state index is 13.1. The third-order valence-electron chi connectivity index (χ3n) is 5.79. The fraction of sp³-hybridized carbons (Fsp3) is 0.529. The molecule has 3 nitrogen and oxygen atoms in total. The molecule has 2 aliphatic heterocycles. The number of aromatic nitrogens is 2. The number of rotatable bonds is 0. The lowest BCUT2D eigenvalue weighted by Gasteiger charge is -2.37. The van der Waals surface area contributed by atoms with Crippen molar-refractivity contribution in [3.05, 3.63) is 38.4 Å². The summed E-state index contributed by atoms with van der Waals surface area (Å²) in [5.41, 5.74) is 0.676. The molecule has 2 unspecified atom stereocenters. The molecule has 6 rings (SSSR count).